The molecule has 2 rings (SSSR count). The highest BCUT2D eigenvalue weighted by Gasteiger charge is 2.31. The molecule has 5 atom stereocenters. The van der Waals surface area contributed by atoms with Crippen molar-refractivity contribution >= 4 is 53.2 Å². The van der Waals surface area contributed by atoms with Crippen molar-refractivity contribution in [2.75, 3.05) is 12.3 Å². The van der Waals surface area contributed by atoms with Crippen molar-refractivity contribution in [2.24, 2.45) is 22.2 Å². The minimum atomic E-state index is -1.60. The highest BCUT2D eigenvalue weighted by Crippen LogP contribution is 2.18. The number of guanidine groups is 1. The average molecular weight is 565 g/mol. The quantitative estimate of drug-likeness (QED) is 0.0493. The molecular weight excluding hydrogens is 528 g/mol. The molecule has 0 spiro atoms. The molecule has 39 heavy (non-hydrogen) atoms. The van der Waals surface area contributed by atoms with Crippen LogP contribution in [-0.2, 0) is 25.6 Å². The van der Waals surface area contributed by atoms with E-state index in [1.165, 1.54) is 6.92 Å². The Morgan fingerprint density at radius 2 is 1.69 bits per heavy atom. The van der Waals surface area contributed by atoms with Gasteiger partial charge in [0.1, 0.15) is 12.1 Å². The van der Waals surface area contributed by atoms with E-state index in [4.69, 9.17) is 17.2 Å². The van der Waals surface area contributed by atoms with Crippen LogP contribution in [0.1, 0.15) is 25.3 Å². The van der Waals surface area contributed by atoms with Crippen LogP contribution in [0.25, 0.3) is 10.9 Å². The third kappa shape index (κ3) is 9.46. The number of nitrogens with two attached hydrogens (primary N) is 3. The van der Waals surface area contributed by atoms with Gasteiger partial charge in [-0.2, -0.15) is 12.6 Å². The van der Waals surface area contributed by atoms with Gasteiger partial charge < -0.3 is 48.3 Å². The number of hydrogen-bond donors (Lipinski definition) is 10. The lowest BCUT2D eigenvalue weighted by molar-refractivity contribution is -0.145. The van der Waals surface area contributed by atoms with Gasteiger partial charge in [0.05, 0.1) is 12.1 Å². The number of aromatic nitrogens is 1. The second-order valence-corrected chi connectivity index (χ2v) is 9.35. The van der Waals surface area contributed by atoms with Crippen LogP contribution in [0.15, 0.2) is 35.5 Å². The van der Waals surface area contributed by atoms with Crippen molar-refractivity contribution in [3.63, 3.8) is 0 Å². The number of carboxylic acids is 1. The van der Waals surface area contributed by atoms with Crippen molar-refractivity contribution in [1.82, 2.24) is 20.9 Å². The molecule has 3 amide bonds. The third-order valence-corrected chi connectivity index (χ3v) is 6.26. The summed E-state index contributed by atoms with van der Waals surface area (Å²) in [7, 11) is 0. The first-order chi connectivity index (χ1) is 18.4. The second-order valence-electron chi connectivity index (χ2n) is 8.99. The molecular formula is C24H36N8O6S. The molecule has 15 heteroatoms. The average Bonchev–Trinajstić information content (AvgIpc) is 3.29. The zero-order valence-electron chi connectivity index (χ0n) is 21.5. The predicted octanol–water partition coefficient (Wildman–Crippen LogP) is -2.06. The second kappa shape index (κ2) is 14.9. The number of carbonyl (C=O) groups excluding carboxylic acids is 3. The molecule has 0 radical (unpaired) electrons. The molecule has 0 saturated heterocycles. The number of rotatable bonds is 15. The predicted molar refractivity (Wildman–Crippen MR) is 149 cm³/mol. The SMILES string of the molecule is CC(O)C(NC(=O)C(CCCN=C(N)N)NC(=O)C(CS)NC(=O)C(N)Cc1c[nH]c2ccccc12)C(=O)O. The number of carbonyl (C=O) groups is 4. The topological polar surface area (TPSA) is 251 Å². The number of para-hydroxylation sites is 1. The number of aromatic amines is 1. The first-order valence-corrected chi connectivity index (χ1v) is 12.9. The number of aliphatic hydroxyl groups is 1. The maximum absolute atomic E-state index is 13.0. The van der Waals surface area contributed by atoms with Gasteiger partial charge in [-0.25, -0.2) is 4.79 Å². The number of aliphatic imine (C=N–C) groups is 1. The summed E-state index contributed by atoms with van der Waals surface area (Å²) < 4.78 is 0. The molecule has 12 N–H and O–H groups in total. The van der Waals surface area contributed by atoms with E-state index in [1.54, 1.807) is 6.20 Å². The van der Waals surface area contributed by atoms with Gasteiger partial charge in [0, 0.05) is 29.4 Å². The lowest BCUT2D eigenvalue weighted by Crippen LogP contribution is -2.58. The van der Waals surface area contributed by atoms with Gasteiger partial charge in [-0.1, -0.05) is 18.2 Å². The summed E-state index contributed by atoms with van der Waals surface area (Å²) in [5.74, 6) is -3.88. The van der Waals surface area contributed by atoms with E-state index in [0.29, 0.717) is 0 Å². The van der Waals surface area contributed by atoms with Crippen LogP contribution in [0.3, 0.4) is 0 Å². The van der Waals surface area contributed by atoms with Gasteiger partial charge in [-0.05, 0) is 37.8 Å². The number of aliphatic carboxylic acids is 1. The number of hydrogen-bond acceptors (Lipinski definition) is 8. The maximum atomic E-state index is 13.0. The van der Waals surface area contributed by atoms with E-state index >= 15 is 0 Å². The summed E-state index contributed by atoms with van der Waals surface area (Å²) >= 11 is 4.15. The van der Waals surface area contributed by atoms with Gasteiger partial charge in [0.15, 0.2) is 12.0 Å². The van der Waals surface area contributed by atoms with E-state index in [-0.39, 0.29) is 37.5 Å². The normalized spacial score (nSPS) is 14.9. The first kappa shape index (κ1) is 31.4. The molecule has 0 saturated carbocycles. The van der Waals surface area contributed by atoms with Crippen LogP contribution >= 0.6 is 12.6 Å². The van der Waals surface area contributed by atoms with Crippen LogP contribution < -0.4 is 33.2 Å². The van der Waals surface area contributed by atoms with E-state index < -0.39 is 54.0 Å². The Morgan fingerprint density at radius 1 is 1.05 bits per heavy atom. The number of H-pyrrole nitrogens is 1. The minimum Gasteiger partial charge on any atom is -0.480 e. The number of amides is 3. The fraction of sp³-hybridized carbons (Fsp3) is 0.458. The number of thiol groups is 1. The van der Waals surface area contributed by atoms with Gasteiger partial charge in [-0.3, -0.25) is 19.4 Å². The molecule has 0 aliphatic carbocycles. The molecule has 1 heterocycles. The Kier molecular flexibility index (Phi) is 12.0. The highest BCUT2D eigenvalue weighted by atomic mass is 32.1. The number of benzene rings is 1. The zero-order chi connectivity index (χ0) is 29.1. The molecule has 2 aromatic rings. The number of nitrogens with zero attached hydrogens (tertiary/aromatic N) is 1. The van der Waals surface area contributed by atoms with Crippen molar-refractivity contribution in [3.05, 3.63) is 36.0 Å². The summed E-state index contributed by atoms with van der Waals surface area (Å²) in [6, 6.07) is 2.62. The molecule has 214 valence electrons. The smallest absolute Gasteiger partial charge is 0.328 e. The van der Waals surface area contributed by atoms with E-state index in [0.717, 1.165) is 16.5 Å². The maximum Gasteiger partial charge on any atom is 0.328 e. The summed E-state index contributed by atoms with van der Waals surface area (Å²) in [6.45, 7) is 1.35. The van der Waals surface area contributed by atoms with Crippen LogP contribution in [-0.4, -0.2) is 87.4 Å². The largest absolute Gasteiger partial charge is 0.480 e. The number of nitrogens with one attached hydrogen (secondary N) is 4. The van der Waals surface area contributed by atoms with Gasteiger partial charge in [0.2, 0.25) is 17.7 Å². The Balaban J connectivity index is 2.07. The van der Waals surface area contributed by atoms with Crippen LogP contribution in [0, 0.1) is 0 Å². The summed E-state index contributed by atoms with van der Waals surface area (Å²) in [4.78, 5) is 57.0. The van der Waals surface area contributed by atoms with Crippen molar-refractivity contribution in [2.45, 2.75) is 56.5 Å². The molecule has 5 unspecified atom stereocenters. The van der Waals surface area contributed by atoms with Crippen LogP contribution in [0.2, 0.25) is 0 Å². The Hall–Kier alpha value is -3.82. The minimum absolute atomic E-state index is 0.0355. The Labute approximate surface area is 230 Å². The third-order valence-electron chi connectivity index (χ3n) is 5.89. The molecule has 1 aromatic carbocycles. The molecule has 1 aromatic heterocycles. The summed E-state index contributed by atoms with van der Waals surface area (Å²) in [5, 5.41) is 27.2. The molecule has 14 nitrogen and oxygen atoms in total. The summed E-state index contributed by atoms with van der Waals surface area (Å²) in [5.41, 5.74) is 18.5. The van der Waals surface area contributed by atoms with Crippen LogP contribution in [0.5, 0.6) is 0 Å². The number of aliphatic hydroxyl groups excluding tert-OH is 1. The van der Waals surface area contributed by atoms with Gasteiger partial charge >= 0.3 is 5.97 Å². The Morgan fingerprint density at radius 3 is 2.31 bits per heavy atom. The summed E-state index contributed by atoms with van der Waals surface area (Å²) in [6.07, 6.45) is 0.878. The van der Waals surface area contributed by atoms with E-state index in [9.17, 15) is 29.4 Å². The molecule has 0 fully saturated rings. The number of fused-ring (bicyclic) bond motifs is 1. The van der Waals surface area contributed by atoms with E-state index in [1.807, 2.05) is 24.3 Å². The molecule has 0 aliphatic rings. The van der Waals surface area contributed by atoms with Crippen molar-refractivity contribution in [1.29, 1.82) is 0 Å². The first-order valence-electron chi connectivity index (χ1n) is 12.2. The lowest BCUT2D eigenvalue weighted by atomic mass is 10.0. The fourth-order valence-corrected chi connectivity index (χ4v) is 4.05. The van der Waals surface area contributed by atoms with Crippen LogP contribution in [0.4, 0.5) is 0 Å². The highest BCUT2D eigenvalue weighted by molar-refractivity contribution is 7.80. The lowest BCUT2D eigenvalue weighted by Gasteiger charge is -2.25. The molecule has 0 bridgehead atoms. The number of carboxylic acid groups (broad SMARTS) is 1. The van der Waals surface area contributed by atoms with Crippen molar-refractivity contribution in [3.8, 4) is 0 Å². The standard InChI is InChI=1S/C24H36N8O6S/c1-12(33)19(23(37)38)32-21(35)17(7-4-8-28-24(26)27)30-22(36)18(11-39)31-20(34)15(25)9-13-10-29-16-6-3-2-5-14(13)16/h2-3,5-6,10,12,15,17-19,29,33,39H,4,7-9,11,25H2,1H3,(H,30,36)(H,31,34)(H,32,35)(H,37,38)(H4,26,27,28). The monoisotopic (exact) mass is 564 g/mol. The fourth-order valence-electron chi connectivity index (χ4n) is 3.79. The van der Waals surface area contributed by atoms with Gasteiger partial charge in [0.25, 0.3) is 0 Å². The Bertz CT molecular complexity index is 1180. The van der Waals surface area contributed by atoms with Crippen molar-refractivity contribution < 1.29 is 29.4 Å². The molecule has 0 aliphatic heterocycles. The van der Waals surface area contributed by atoms with Gasteiger partial charge in [-0.15, -0.1) is 0 Å². The zero-order valence-corrected chi connectivity index (χ0v) is 22.4. The van der Waals surface area contributed by atoms with E-state index in [2.05, 4.69) is 38.6 Å².